The Balaban J connectivity index is 1.95. The number of nitrogens with one attached hydrogen (secondary N) is 1. The summed E-state index contributed by atoms with van der Waals surface area (Å²) in [5, 5.41) is 2.07. The summed E-state index contributed by atoms with van der Waals surface area (Å²) in [4.78, 5) is 1.25. The number of thiophene rings is 1. The second kappa shape index (κ2) is 4.49. The van der Waals surface area contributed by atoms with Crippen LogP contribution in [0.25, 0.3) is 0 Å². The largest absolute Gasteiger partial charge is 0.493 e. The van der Waals surface area contributed by atoms with Crippen LogP contribution in [-0.4, -0.2) is 6.61 Å². The topological polar surface area (TPSA) is 47.3 Å². The number of ether oxygens (including phenoxy) is 1. The summed E-state index contributed by atoms with van der Waals surface area (Å²) >= 11 is 1.72. The maximum Gasteiger partial charge on any atom is 0.122 e. The van der Waals surface area contributed by atoms with Gasteiger partial charge >= 0.3 is 0 Å². The highest BCUT2D eigenvalue weighted by Gasteiger charge is 2.31. The molecule has 3 nitrogen and oxygen atoms in total. The molecule has 0 aliphatic carbocycles. The zero-order chi connectivity index (χ0) is 11.7. The quantitative estimate of drug-likeness (QED) is 0.646. The van der Waals surface area contributed by atoms with E-state index < -0.39 is 0 Å². The van der Waals surface area contributed by atoms with Crippen LogP contribution in [0.5, 0.6) is 5.75 Å². The van der Waals surface area contributed by atoms with E-state index in [4.69, 9.17) is 10.6 Å². The van der Waals surface area contributed by atoms with Crippen molar-refractivity contribution >= 4 is 11.3 Å². The number of hydrazine groups is 1. The maximum absolute atomic E-state index is 5.70. The van der Waals surface area contributed by atoms with Crippen molar-refractivity contribution in [3.63, 3.8) is 0 Å². The van der Waals surface area contributed by atoms with Crippen molar-refractivity contribution < 1.29 is 4.74 Å². The summed E-state index contributed by atoms with van der Waals surface area (Å²) in [6, 6.07) is 12.4. The highest BCUT2D eigenvalue weighted by molar-refractivity contribution is 7.10. The first-order valence-corrected chi connectivity index (χ1v) is 6.49. The van der Waals surface area contributed by atoms with Crippen molar-refractivity contribution in [2.45, 2.75) is 12.0 Å². The van der Waals surface area contributed by atoms with Crippen LogP contribution in [0, 0.1) is 0 Å². The van der Waals surface area contributed by atoms with Gasteiger partial charge in [-0.3, -0.25) is 11.3 Å². The molecule has 0 amide bonds. The predicted octanol–water partition coefficient (Wildman–Crippen LogP) is 2.43. The second-order valence-corrected chi connectivity index (χ2v) is 5.09. The van der Waals surface area contributed by atoms with Crippen molar-refractivity contribution in [2.75, 3.05) is 6.61 Å². The monoisotopic (exact) mass is 246 g/mol. The van der Waals surface area contributed by atoms with Gasteiger partial charge in [-0.25, -0.2) is 0 Å². The Bertz CT molecular complexity index is 498. The molecule has 0 bridgehead atoms. The Labute approximate surface area is 104 Å². The molecule has 0 spiro atoms. The highest BCUT2D eigenvalue weighted by atomic mass is 32.1. The van der Waals surface area contributed by atoms with Crippen LogP contribution in [0.1, 0.15) is 22.4 Å². The van der Waals surface area contributed by atoms with Crippen LogP contribution in [0.15, 0.2) is 41.8 Å². The number of para-hydroxylation sites is 1. The molecule has 2 heterocycles. The zero-order valence-electron chi connectivity index (χ0n) is 9.30. The van der Waals surface area contributed by atoms with E-state index in [2.05, 4.69) is 22.9 Å². The fraction of sp³-hybridized carbons (Fsp3) is 0.231. The molecule has 2 aromatic rings. The van der Waals surface area contributed by atoms with Gasteiger partial charge in [-0.05, 0) is 17.5 Å². The van der Waals surface area contributed by atoms with Gasteiger partial charge in [0, 0.05) is 16.4 Å². The van der Waals surface area contributed by atoms with Crippen molar-refractivity contribution in [1.29, 1.82) is 0 Å². The normalized spacial score (nSPS) is 19.7. The number of fused-ring (bicyclic) bond motifs is 1. The molecule has 4 heteroatoms. The summed E-state index contributed by atoms with van der Waals surface area (Å²) in [5.74, 6) is 6.97. The first-order valence-electron chi connectivity index (χ1n) is 5.61. The number of hydrogen-bond acceptors (Lipinski definition) is 4. The van der Waals surface area contributed by atoms with Crippen molar-refractivity contribution in [2.24, 2.45) is 5.84 Å². The minimum absolute atomic E-state index is 0.124. The first-order chi connectivity index (χ1) is 8.40. The number of hydrogen-bond donors (Lipinski definition) is 2. The lowest BCUT2D eigenvalue weighted by atomic mass is 9.93. The molecule has 1 aliphatic rings. The van der Waals surface area contributed by atoms with Crippen molar-refractivity contribution in [1.82, 2.24) is 5.43 Å². The molecule has 2 unspecified atom stereocenters. The summed E-state index contributed by atoms with van der Waals surface area (Å²) in [6.07, 6.45) is 0. The fourth-order valence-electron chi connectivity index (χ4n) is 2.33. The minimum atomic E-state index is 0.124. The molecule has 1 aromatic carbocycles. The van der Waals surface area contributed by atoms with Crippen LogP contribution in [-0.2, 0) is 0 Å². The molecule has 1 aliphatic heterocycles. The number of benzene rings is 1. The standard InChI is InChI=1S/C13H14N2OS/c14-15-13(12-6-3-7-17-12)10-8-16-11-5-2-1-4-9(10)11/h1-7,10,13,15H,8,14H2. The molecule has 0 saturated carbocycles. The van der Waals surface area contributed by atoms with E-state index in [0.29, 0.717) is 6.61 Å². The molecule has 0 radical (unpaired) electrons. The molecule has 2 atom stereocenters. The van der Waals surface area contributed by atoms with E-state index in [9.17, 15) is 0 Å². The minimum Gasteiger partial charge on any atom is -0.493 e. The van der Waals surface area contributed by atoms with Crippen LogP contribution >= 0.6 is 11.3 Å². The molecule has 1 aromatic heterocycles. The van der Waals surface area contributed by atoms with Crippen LogP contribution in [0.3, 0.4) is 0 Å². The van der Waals surface area contributed by atoms with Gasteiger partial charge < -0.3 is 4.74 Å². The number of nitrogens with two attached hydrogens (primary N) is 1. The Morgan fingerprint density at radius 2 is 2.18 bits per heavy atom. The van der Waals surface area contributed by atoms with Crippen LogP contribution in [0.2, 0.25) is 0 Å². The van der Waals surface area contributed by atoms with Gasteiger partial charge in [0.25, 0.3) is 0 Å². The summed E-state index contributed by atoms with van der Waals surface area (Å²) in [6.45, 7) is 0.687. The Morgan fingerprint density at radius 1 is 1.29 bits per heavy atom. The van der Waals surface area contributed by atoms with E-state index >= 15 is 0 Å². The van der Waals surface area contributed by atoms with E-state index in [0.717, 1.165) is 5.75 Å². The van der Waals surface area contributed by atoms with E-state index in [-0.39, 0.29) is 12.0 Å². The third kappa shape index (κ3) is 1.84. The molecular weight excluding hydrogens is 232 g/mol. The number of rotatable bonds is 3. The summed E-state index contributed by atoms with van der Waals surface area (Å²) < 4.78 is 5.70. The molecule has 3 rings (SSSR count). The maximum atomic E-state index is 5.70. The SMILES string of the molecule is NNC(c1cccs1)C1COc2ccccc21. The smallest absolute Gasteiger partial charge is 0.122 e. The van der Waals surface area contributed by atoms with Crippen LogP contribution in [0.4, 0.5) is 0 Å². The van der Waals surface area contributed by atoms with E-state index in [1.54, 1.807) is 11.3 Å². The van der Waals surface area contributed by atoms with E-state index in [1.165, 1.54) is 10.4 Å². The second-order valence-electron chi connectivity index (χ2n) is 4.12. The highest BCUT2D eigenvalue weighted by Crippen LogP contribution is 2.41. The molecule has 88 valence electrons. The van der Waals surface area contributed by atoms with Gasteiger partial charge in [0.05, 0.1) is 12.6 Å². The van der Waals surface area contributed by atoms with Gasteiger partial charge in [0.2, 0.25) is 0 Å². The lowest BCUT2D eigenvalue weighted by Crippen LogP contribution is -2.32. The Morgan fingerprint density at radius 3 is 2.94 bits per heavy atom. The Kier molecular flexibility index (Phi) is 2.84. The van der Waals surface area contributed by atoms with Crippen LogP contribution < -0.4 is 16.0 Å². The van der Waals surface area contributed by atoms with Crippen molar-refractivity contribution in [3.8, 4) is 5.75 Å². The van der Waals surface area contributed by atoms with Crippen molar-refractivity contribution in [3.05, 3.63) is 52.2 Å². The first kappa shape index (κ1) is 10.8. The summed E-state index contributed by atoms with van der Waals surface area (Å²) in [5.41, 5.74) is 4.16. The zero-order valence-corrected chi connectivity index (χ0v) is 10.1. The third-order valence-corrected chi connectivity index (χ3v) is 4.12. The fourth-order valence-corrected chi connectivity index (χ4v) is 3.18. The van der Waals surface area contributed by atoms with E-state index in [1.807, 2.05) is 24.3 Å². The van der Waals surface area contributed by atoms with Gasteiger partial charge in [-0.2, -0.15) is 0 Å². The average molecular weight is 246 g/mol. The van der Waals surface area contributed by atoms with Gasteiger partial charge in [-0.1, -0.05) is 24.3 Å². The molecule has 0 fully saturated rings. The summed E-state index contributed by atoms with van der Waals surface area (Å²) in [7, 11) is 0. The van der Waals surface area contributed by atoms with Gasteiger partial charge in [-0.15, -0.1) is 11.3 Å². The average Bonchev–Trinajstić information content (AvgIpc) is 3.01. The lowest BCUT2D eigenvalue weighted by molar-refractivity contribution is 0.302. The predicted molar refractivity (Wildman–Crippen MR) is 69.1 cm³/mol. The third-order valence-electron chi connectivity index (χ3n) is 3.17. The molecular formula is C13H14N2OS. The Hall–Kier alpha value is -1.36. The lowest BCUT2D eigenvalue weighted by Gasteiger charge is -2.20. The molecule has 3 N–H and O–H groups in total. The van der Waals surface area contributed by atoms with Gasteiger partial charge in [0.1, 0.15) is 5.75 Å². The van der Waals surface area contributed by atoms with Gasteiger partial charge in [0.15, 0.2) is 0 Å². The molecule has 17 heavy (non-hydrogen) atoms. The molecule has 0 saturated heterocycles.